The van der Waals surface area contributed by atoms with Crippen LogP contribution in [-0.4, -0.2) is 48.9 Å². The van der Waals surface area contributed by atoms with Crippen molar-refractivity contribution in [3.8, 4) is 16.9 Å². The minimum atomic E-state index is -0.0670. The van der Waals surface area contributed by atoms with Crippen LogP contribution in [0.1, 0.15) is 41.6 Å². The Bertz CT molecular complexity index is 1580. The molecule has 0 saturated carbocycles. The van der Waals surface area contributed by atoms with Crippen molar-refractivity contribution in [2.45, 2.75) is 33.4 Å². The van der Waals surface area contributed by atoms with E-state index >= 15 is 0 Å². The Labute approximate surface area is 202 Å². The minimum Gasteiger partial charge on any atom is -0.491 e. The van der Waals surface area contributed by atoms with Crippen LogP contribution in [-0.2, 0) is 6.54 Å². The number of rotatable bonds is 3. The fourth-order valence-electron chi connectivity index (χ4n) is 4.75. The number of fused-ring (bicyclic) bond motifs is 3. The molecule has 3 aromatic carbocycles. The first kappa shape index (κ1) is 21.3. The van der Waals surface area contributed by atoms with Crippen LogP contribution in [0.5, 0.6) is 5.75 Å². The van der Waals surface area contributed by atoms with E-state index in [2.05, 4.69) is 58.4 Å². The fraction of sp³-hybridized carbons (Fsp3) is 0.259. The van der Waals surface area contributed by atoms with E-state index in [-0.39, 0.29) is 11.9 Å². The van der Waals surface area contributed by atoms with Crippen molar-refractivity contribution in [3.05, 3.63) is 71.5 Å². The number of hydrogen-bond acceptors (Lipinski definition) is 5. The molecule has 1 amide bonds. The molecule has 0 bridgehead atoms. The zero-order valence-electron chi connectivity index (χ0n) is 19.9. The van der Waals surface area contributed by atoms with Crippen LogP contribution in [0.3, 0.4) is 0 Å². The normalized spacial score (nSPS) is 13.8. The Morgan fingerprint density at radius 3 is 2.77 bits per heavy atom. The number of hydrogen-bond donors (Lipinski definition) is 1. The number of aryl methyl sites for hydroxylation is 1. The molecule has 1 aliphatic rings. The number of H-pyrrole nitrogens is 1. The third-order valence-corrected chi connectivity index (χ3v) is 6.48. The number of aromatic amines is 1. The molecule has 0 spiro atoms. The lowest BCUT2D eigenvalue weighted by molar-refractivity contribution is 0.0735. The van der Waals surface area contributed by atoms with E-state index in [9.17, 15) is 4.79 Å². The third-order valence-electron chi connectivity index (χ3n) is 6.48. The molecule has 0 saturated heterocycles. The molecule has 1 N–H and O–H groups in total. The van der Waals surface area contributed by atoms with Crippen molar-refractivity contribution in [1.82, 2.24) is 29.9 Å². The summed E-state index contributed by atoms with van der Waals surface area (Å²) in [5.74, 6) is 1.64. The van der Waals surface area contributed by atoms with Crippen molar-refractivity contribution < 1.29 is 9.53 Å². The second-order valence-corrected chi connectivity index (χ2v) is 9.25. The monoisotopic (exact) mass is 466 g/mol. The van der Waals surface area contributed by atoms with Crippen molar-refractivity contribution in [1.29, 1.82) is 0 Å². The molecule has 3 heterocycles. The van der Waals surface area contributed by atoms with Gasteiger partial charge in [-0.25, -0.2) is 9.67 Å². The van der Waals surface area contributed by atoms with Gasteiger partial charge in [-0.15, -0.1) is 5.10 Å². The van der Waals surface area contributed by atoms with Crippen molar-refractivity contribution in [2.24, 2.45) is 0 Å². The van der Waals surface area contributed by atoms with E-state index in [1.807, 2.05) is 46.8 Å². The maximum Gasteiger partial charge on any atom is 0.256 e. The first-order chi connectivity index (χ1) is 17.0. The van der Waals surface area contributed by atoms with E-state index in [4.69, 9.17) is 4.74 Å². The molecule has 8 nitrogen and oxygen atoms in total. The van der Waals surface area contributed by atoms with E-state index < -0.39 is 0 Å². The van der Waals surface area contributed by atoms with Gasteiger partial charge >= 0.3 is 0 Å². The summed E-state index contributed by atoms with van der Waals surface area (Å²) in [6, 6.07) is 18.2. The number of nitrogens with one attached hydrogen (secondary N) is 1. The zero-order chi connectivity index (χ0) is 24.1. The smallest absolute Gasteiger partial charge is 0.256 e. The Morgan fingerprint density at radius 2 is 1.91 bits per heavy atom. The lowest BCUT2D eigenvalue weighted by Crippen LogP contribution is -2.32. The number of nitrogens with zero attached hydrogens (tertiary/aromatic N) is 5. The molecule has 1 aliphatic heterocycles. The Morgan fingerprint density at radius 1 is 1.09 bits per heavy atom. The molecule has 5 aromatic rings. The number of imidazole rings is 1. The van der Waals surface area contributed by atoms with Gasteiger partial charge in [0.25, 0.3) is 5.91 Å². The molecule has 0 aliphatic carbocycles. The quantitative estimate of drug-likeness (QED) is 0.409. The fourth-order valence-corrected chi connectivity index (χ4v) is 4.75. The number of aromatic nitrogens is 5. The van der Waals surface area contributed by atoms with Crippen molar-refractivity contribution in [3.63, 3.8) is 0 Å². The van der Waals surface area contributed by atoms with Gasteiger partial charge in [-0.3, -0.25) is 4.79 Å². The summed E-state index contributed by atoms with van der Waals surface area (Å²) >= 11 is 0. The second kappa shape index (κ2) is 8.23. The van der Waals surface area contributed by atoms with Crippen molar-refractivity contribution >= 4 is 28.0 Å². The molecule has 6 rings (SSSR count). The lowest BCUT2D eigenvalue weighted by atomic mass is 10.0. The van der Waals surface area contributed by atoms with E-state index in [1.165, 1.54) is 0 Å². The SMILES string of the molecule is Cc1nc2ccc(-c3ccc4c(c3)CN(C(=O)c3cccc5c3nnn5C(C)C)CCO4)cc2[nH]1. The van der Waals surface area contributed by atoms with Gasteiger partial charge in [0.1, 0.15) is 23.7 Å². The number of ether oxygens (including phenoxy) is 1. The summed E-state index contributed by atoms with van der Waals surface area (Å²) in [7, 11) is 0. The van der Waals surface area contributed by atoms with Crippen LogP contribution in [0.4, 0.5) is 0 Å². The average Bonchev–Trinajstić information content (AvgIpc) is 3.39. The molecule has 35 heavy (non-hydrogen) atoms. The summed E-state index contributed by atoms with van der Waals surface area (Å²) in [6.45, 7) is 7.45. The maximum atomic E-state index is 13.6. The van der Waals surface area contributed by atoms with Gasteiger partial charge in [0.05, 0.1) is 28.7 Å². The molecular formula is C27H26N6O2. The van der Waals surface area contributed by atoms with E-state index in [0.29, 0.717) is 30.8 Å². The number of benzene rings is 3. The Hall–Kier alpha value is -4.20. The molecule has 0 fully saturated rings. The average molecular weight is 467 g/mol. The zero-order valence-corrected chi connectivity index (χ0v) is 19.9. The summed E-state index contributed by atoms with van der Waals surface area (Å²) in [4.78, 5) is 23.3. The highest BCUT2D eigenvalue weighted by atomic mass is 16.5. The predicted octanol–water partition coefficient (Wildman–Crippen LogP) is 4.90. The predicted molar refractivity (Wildman–Crippen MR) is 134 cm³/mol. The highest BCUT2D eigenvalue weighted by molar-refractivity contribution is 6.04. The lowest BCUT2D eigenvalue weighted by Gasteiger charge is -2.20. The number of carbonyl (C=O) groups excluding carboxylic acids is 1. The van der Waals surface area contributed by atoms with Gasteiger partial charge in [-0.2, -0.15) is 0 Å². The van der Waals surface area contributed by atoms with Gasteiger partial charge in [-0.05, 0) is 68.3 Å². The van der Waals surface area contributed by atoms with Crippen LogP contribution in [0.2, 0.25) is 0 Å². The van der Waals surface area contributed by atoms with Crippen LogP contribution < -0.4 is 4.74 Å². The summed E-state index contributed by atoms with van der Waals surface area (Å²) in [5.41, 5.74) is 7.15. The highest BCUT2D eigenvalue weighted by Crippen LogP contribution is 2.31. The minimum absolute atomic E-state index is 0.0670. The first-order valence-electron chi connectivity index (χ1n) is 11.8. The van der Waals surface area contributed by atoms with Gasteiger partial charge in [0.15, 0.2) is 0 Å². The molecule has 0 unspecified atom stereocenters. The number of amides is 1. The van der Waals surface area contributed by atoms with Gasteiger partial charge in [-0.1, -0.05) is 23.4 Å². The molecule has 2 aromatic heterocycles. The molecular weight excluding hydrogens is 440 g/mol. The Balaban J connectivity index is 1.34. The van der Waals surface area contributed by atoms with E-state index in [1.54, 1.807) is 0 Å². The third kappa shape index (κ3) is 3.71. The van der Waals surface area contributed by atoms with Crippen molar-refractivity contribution in [2.75, 3.05) is 13.2 Å². The van der Waals surface area contributed by atoms with Crippen LogP contribution in [0.15, 0.2) is 54.6 Å². The summed E-state index contributed by atoms with van der Waals surface area (Å²) < 4.78 is 7.85. The van der Waals surface area contributed by atoms with E-state index in [0.717, 1.165) is 44.8 Å². The molecule has 8 heteroatoms. The number of carbonyl (C=O) groups is 1. The molecule has 0 atom stereocenters. The van der Waals surface area contributed by atoms with Crippen LogP contribution in [0, 0.1) is 6.92 Å². The standard InChI is InChI=1S/C27H26N6O2/c1-16(2)33-24-6-4-5-21(26(24)30-31-33)27(34)32-11-12-35-25-10-8-18(13-20(25)15-32)19-7-9-22-23(14-19)29-17(3)28-22/h4-10,13-14,16H,11-12,15H2,1-3H3,(H,28,29). The first-order valence-corrected chi connectivity index (χ1v) is 11.8. The highest BCUT2D eigenvalue weighted by Gasteiger charge is 2.24. The van der Waals surface area contributed by atoms with Gasteiger partial charge < -0.3 is 14.6 Å². The molecule has 0 radical (unpaired) electrons. The maximum absolute atomic E-state index is 13.6. The van der Waals surface area contributed by atoms with Crippen LogP contribution in [0.25, 0.3) is 33.2 Å². The summed E-state index contributed by atoms with van der Waals surface area (Å²) in [5, 5.41) is 8.60. The Kier molecular flexibility index (Phi) is 5.02. The van der Waals surface area contributed by atoms with Gasteiger partial charge in [0.2, 0.25) is 0 Å². The topological polar surface area (TPSA) is 88.9 Å². The largest absolute Gasteiger partial charge is 0.491 e. The molecule has 176 valence electrons. The van der Waals surface area contributed by atoms with Gasteiger partial charge in [0, 0.05) is 18.2 Å². The second-order valence-electron chi connectivity index (χ2n) is 9.25. The van der Waals surface area contributed by atoms with Crippen LogP contribution >= 0.6 is 0 Å². The summed E-state index contributed by atoms with van der Waals surface area (Å²) in [6.07, 6.45) is 0.